The summed E-state index contributed by atoms with van der Waals surface area (Å²) in [6, 6.07) is 2.33. The van der Waals surface area contributed by atoms with Crippen LogP contribution in [0.4, 0.5) is 0 Å². The van der Waals surface area contributed by atoms with Crippen LogP contribution in [0.15, 0.2) is 6.33 Å². The van der Waals surface area contributed by atoms with Gasteiger partial charge >= 0.3 is 0 Å². The smallest absolute Gasteiger partial charge is 0.138 e. The molecule has 0 spiro atoms. The molecule has 1 heterocycles. The fourth-order valence-electron chi connectivity index (χ4n) is 1.18. The van der Waals surface area contributed by atoms with Crippen molar-refractivity contribution in [2.24, 2.45) is 5.41 Å². The van der Waals surface area contributed by atoms with Gasteiger partial charge in [0.25, 0.3) is 0 Å². The maximum Gasteiger partial charge on any atom is 0.138 e. The van der Waals surface area contributed by atoms with Crippen molar-refractivity contribution in [3.8, 4) is 6.07 Å². The van der Waals surface area contributed by atoms with E-state index in [0.29, 0.717) is 0 Å². The van der Waals surface area contributed by atoms with E-state index in [1.165, 1.54) is 0 Å². The Morgan fingerprint density at radius 2 is 2.42 bits per heavy atom. The van der Waals surface area contributed by atoms with Gasteiger partial charge in [0, 0.05) is 6.54 Å². The van der Waals surface area contributed by atoms with Crippen LogP contribution in [-0.4, -0.2) is 20.2 Å². The van der Waals surface area contributed by atoms with E-state index in [9.17, 15) is 0 Å². The van der Waals surface area contributed by atoms with Crippen molar-refractivity contribution in [1.29, 1.82) is 5.26 Å². The van der Waals surface area contributed by atoms with E-state index in [1.807, 2.05) is 0 Å². The predicted molar refractivity (Wildman–Crippen MR) is 39.7 cm³/mol. The summed E-state index contributed by atoms with van der Waals surface area (Å²) in [6.07, 6.45) is 4.51. The molecule has 0 N–H and O–H groups in total. The van der Waals surface area contributed by atoms with Crippen LogP contribution in [0.3, 0.4) is 0 Å². The summed E-state index contributed by atoms with van der Waals surface area (Å²) in [5.41, 5.74) is -0.0497. The normalized spacial score (nSPS) is 18.6. The molecule has 5 heteroatoms. The summed E-state index contributed by atoms with van der Waals surface area (Å²) in [5.74, 6) is 0. The fourth-order valence-corrected chi connectivity index (χ4v) is 1.18. The SMILES string of the molecule is N#CC1(CCn2cnnn2)CC1. The second kappa shape index (κ2) is 2.55. The first-order valence-electron chi connectivity index (χ1n) is 3.97. The largest absolute Gasteiger partial charge is 0.232 e. The van der Waals surface area contributed by atoms with Crippen LogP contribution in [-0.2, 0) is 6.54 Å². The molecule has 1 fully saturated rings. The number of nitrogens with zero attached hydrogens (tertiary/aromatic N) is 5. The van der Waals surface area contributed by atoms with E-state index in [4.69, 9.17) is 5.26 Å². The zero-order valence-corrected chi connectivity index (χ0v) is 6.64. The molecule has 12 heavy (non-hydrogen) atoms. The molecule has 0 unspecified atom stereocenters. The average molecular weight is 163 g/mol. The van der Waals surface area contributed by atoms with Crippen LogP contribution in [0, 0.1) is 16.7 Å². The van der Waals surface area contributed by atoms with E-state index in [-0.39, 0.29) is 5.41 Å². The van der Waals surface area contributed by atoms with Crippen molar-refractivity contribution in [3.63, 3.8) is 0 Å². The highest BCUT2D eigenvalue weighted by atomic mass is 15.5. The van der Waals surface area contributed by atoms with Gasteiger partial charge in [-0.2, -0.15) is 5.26 Å². The van der Waals surface area contributed by atoms with Crippen LogP contribution in [0.5, 0.6) is 0 Å². The predicted octanol–water partition coefficient (Wildman–Crippen LogP) is 0.367. The third kappa shape index (κ3) is 1.28. The van der Waals surface area contributed by atoms with Crippen LogP contribution in [0.1, 0.15) is 19.3 Å². The standard InChI is InChI=1S/C7H9N5/c8-5-7(1-2-7)3-4-12-6-9-10-11-12/h6H,1-4H2. The molecular weight excluding hydrogens is 154 g/mol. The third-order valence-corrected chi connectivity index (χ3v) is 2.30. The van der Waals surface area contributed by atoms with E-state index < -0.39 is 0 Å². The Labute approximate surface area is 70.0 Å². The van der Waals surface area contributed by atoms with E-state index in [1.54, 1.807) is 11.0 Å². The number of hydrogen-bond donors (Lipinski definition) is 0. The first-order valence-corrected chi connectivity index (χ1v) is 3.97. The van der Waals surface area contributed by atoms with Crippen LogP contribution < -0.4 is 0 Å². The molecule has 0 bridgehead atoms. The lowest BCUT2D eigenvalue weighted by Gasteiger charge is -2.02. The average Bonchev–Trinajstić information content (AvgIpc) is 2.70. The van der Waals surface area contributed by atoms with E-state index >= 15 is 0 Å². The lowest BCUT2D eigenvalue weighted by Crippen LogP contribution is -2.05. The van der Waals surface area contributed by atoms with Gasteiger partial charge in [0.2, 0.25) is 0 Å². The lowest BCUT2D eigenvalue weighted by molar-refractivity contribution is 0.480. The minimum Gasteiger partial charge on any atom is -0.232 e. The summed E-state index contributed by atoms with van der Waals surface area (Å²) in [6.45, 7) is 0.751. The van der Waals surface area contributed by atoms with Crippen molar-refractivity contribution >= 4 is 0 Å². The molecule has 0 aliphatic heterocycles. The number of aryl methyl sites for hydroxylation is 1. The molecule has 0 amide bonds. The second-order valence-electron chi connectivity index (χ2n) is 3.22. The summed E-state index contributed by atoms with van der Waals surface area (Å²) >= 11 is 0. The topological polar surface area (TPSA) is 67.4 Å². The van der Waals surface area contributed by atoms with Gasteiger partial charge in [0.1, 0.15) is 6.33 Å². The Bertz CT molecular complexity index is 292. The minimum atomic E-state index is -0.0497. The van der Waals surface area contributed by atoms with Crippen LogP contribution >= 0.6 is 0 Å². The van der Waals surface area contributed by atoms with Gasteiger partial charge < -0.3 is 0 Å². The highest BCUT2D eigenvalue weighted by molar-refractivity contribution is 5.09. The zero-order chi connectivity index (χ0) is 8.44. The Kier molecular flexibility index (Phi) is 1.54. The maximum atomic E-state index is 8.77. The van der Waals surface area contributed by atoms with Crippen molar-refractivity contribution < 1.29 is 0 Å². The molecule has 1 aromatic heterocycles. The van der Waals surface area contributed by atoms with E-state index in [0.717, 1.165) is 25.8 Å². The molecule has 0 aromatic carbocycles. The van der Waals surface area contributed by atoms with Gasteiger partial charge in [0.15, 0.2) is 0 Å². The maximum absolute atomic E-state index is 8.77. The summed E-state index contributed by atoms with van der Waals surface area (Å²) < 4.78 is 1.66. The zero-order valence-electron chi connectivity index (χ0n) is 6.64. The molecule has 1 aliphatic carbocycles. The van der Waals surface area contributed by atoms with Gasteiger partial charge in [-0.25, -0.2) is 4.68 Å². The first kappa shape index (κ1) is 7.22. The molecule has 1 aromatic rings. The quantitative estimate of drug-likeness (QED) is 0.645. The molecule has 1 aliphatic rings. The highest BCUT2D eigenvalue weighted by Crippen LogP contribution is 2.48. The number of hydrogen-bond acceptors (Lipinski definition) is 4. The Hall–Kier alpha value is -1.44. The number of tetrazole rings is 1. The summed E-state index contributed by atoms with van der Waals surface area (Å²) in [5, 5.41) is 19.5. The van der Waals surface area contributed by atoms with Crippen molar-refractivity contribution in [3.05, 3.63) is 6.33 Å². The molecule has 5 nitrogen and oxygen atoms in total. The van der Waals surface area contributed by atoms with Gasteiger partial charge in [-0.1, -0.05) is 0 Å². The molecule has 62 valence electrons. The Balaban J connectivity index is 1.88. The molecule has 0 radical (unpaired) electrons. The molecule has 0 saturated heterocycles. The summed E-state index contributed by atoms with van der Waals surface area (Å²) in [7, 11) is 0. The van der Waals surface area contributed by atoms with Gasteiger partial charge in [-0.3, -0.25) is 0 Å². The third-order valence-electron chi connectivity index (χ3n) is 2.30. The van der Waals surface area contributed by atoms with Crippen molar-refractivity contribution in [1.82, 2.24) is 20.2 Å². The van der Waals surface area contributed by atoms with Crippen molar-refractivity contribution in [2.45, 2.75) is 25.8 Å². The van der Waals surface area contributed by atoms with Crippen molar-refractivity contribution in [2.75, 3.05) is 0 Å². The van der Waals surface area contributed by atoms with E-state index in [2.05, 4.69) is 21.6 Å². The molecule has 1 saturated carbocycles. The van der Waals surface area contributed by atoms with Crippen LogP contribution in [0.25, 0.3) is 0 Å². The Morgan fingerprint density at radius 3 is 2.92 bits per heavy atom. The molecular formula is C7H9N5. The monoisotopic (exact) mass is 163 g/mol. The highest BCUT2D eigenvalue weighted by Gasteiger charge is 2.42. The lowest BCUT2D eigenvalue weighted by atomic mass is 10.1. The number of nitriles is 1. The first-order chi connectivity index (χ1) is 5.85. The number of aromatic nitrogens is 4. The van der Waals surface area contributed by atoms with Crippen LogP contribution in [0.2, 0.25) is 0 Å². The van der Waals surface area contributed by atoms with Gasteiger partial charge in [-0.05, 0) is 29.7 Å². The molecule has 2 rings (SSSR count). The molecule has 0 atom stereocenters. The Morgan fingerprint density at radius 1 is 1.58 bits per heavy atom. The van der Waals surface area contributed by atoms with Gasteiger partial charge in [0.05, 0.1) is 11.5 Å². The second-order valence-corrected chi connectivity index (χ2v) is 3.22. The summed E-state index contributed by atoms with van der Waals surface area (Å²) in [4.78, 5) is 0. The fraction of sp³-hybridized carbons (Fsp3) is 0.714. The minimum absolute atomic E-state index is 0.0497. The van der Waals surface area contributed by atoms with Gasteiger partial charge in [-0.15, -0.1) is 5.10 Å². The number of rotatable bonds is 3.